The van der Waals surface area contributed by atoms with Crippen molar-refractivity contribution in [2.45, 2.75) is 19.5 Å². The molecule has 114 valence electrons. The molecular formula is C15H16ClN5S. The van der Waals surface area contributed by atoms with Crippen LogP contribution in [-0.4, -0.2) is 26.3 Å². The van der Waals surface area contributed by atoms with Gasteiger partial charge < -0.3 is 9.88 Å². The van der Waals surface area contributed by atoms with E-state index in [9.17, 15) is 0 Å². The van der Waals surface area contributed by atoms with Gasteiger partial charge in [0.1, 0.15) is 16.5 Å². The minimum absolute atomic E-state index is 0. The smallest absolute Gasteiger partial charge is 0.183 e. The van der Waals surface area contributed by atoms with Crippen LogP contribution in [0.3, 0.4) is 0 Å². The number of hydrogen-bond donors (Lipinski definition) is 1. The van der Waals surface area contributed by atoms with Crippen LogP contribution >= 0.6 is 23.7 Å². The third kappa shape index (κ3) is 2.54. The second-order valence-corrected chi connectivity index (χ2v) is 5.97. The summed E-state index contributed by atoms with van der Waals surface area (Å²) in [6.45, 7) is 3.94. The van der Waals surface area contributed by atoms with Crippen molar-refractivity contribution in [3.63, 3.8) is 0 Å². The normalized spacial score (nSPS) is 16.9. The Morgan fingerprint density at radius 2 is 2.05 bits per heavy atom. The fraction of sp³-hybridized carbons (Fsp3) is 0.267. The van der Waals surface area contributed by atoms with E-state index in [4.69, 9.17) is 4.98 Å². The molecule has 5 nitrogen and oxygen atoms in total. The largest absolute Gasteiger partial charge is 0.307 e. The molecule has 0 spiro atoms. The molecule has 0 saturated carbocycles. The molecule has 0 amide bonds. The van der Waals surface area contributed by atoms with Gasteiger partial charge in [0.05, 0.1) is 6.04 Å². The average Bonchev–Trinajstić information content (AvgIpc) is 3.15. The lowest BCUT2D eigenvalue weighted by Crippen LogP contribution is -2.32. The predicted octanol–water partition coefficient (Wildman–Crippen LogP) is 3.15. The van der Waals surface area contributed by atoms with Crippen molar-refractivity contribution in [2.75, 3.05) is 6.54 Å². The molecule has 1 atom stereocenters. The number of thiazole rings is 1. The lowest BCUT2D eigenvalue weighted by Gasteiger charge is -2.21. The van der Waals surface area contributed by atoms with E-state index in [1.807, 2.05) is 18.2 Å². The minimum Gasteiger partial charge on any atom is -0.307 e. The second kappa shape index (κ2) is 6.16. The van der Waals surface area contributed by atoms with Gasteiger partial charge in [0, 0.05) is 24.0 Å². The van der Waals surface area contributed by atoms with Crippen LogP contribution in [0.25, 0.3) is 22.1 Å². The zero-order valence-electron chi connectivity index (χ0n) is 12.1. The first-order chi connectivity index (χ1) is 10.3. The minimum atomic E-state index is 0. The van der Waals surface area contributed by atoms with Gasteiger partial charge >= 0.3 is 0 Å². The van der Waals surface area contributed by atoms with E-state index >= 15 is 0 Å². The van der Waals surface area contributed by atoms with Gasteiger partial charge in [0.25, 0.3) is 0 Å². The molecule has 1 aliphatic rings. The summed E-state index contributed by atoms with van der Waals surface area (Å²) >= 11 is 1.64. The summed E-state index contributed by atoms with van der Waals surface area (Å²) in [4.78, 5) is 4.73. The van der Waals surface area contributed by atoms with Crippen LogP contribution < -0.4 is 5.32 Å². The van der Waals surface area contributed by atoms with Crippen molar-refractivity contribution in [1.82, 2.24) is 25.1 Å². The van der Waals surface area contributed by atoms with Crippen molar-refractivity contribution in [1.29, 1.82) is 0 Å². The summed E-state index contributed by atoms with van der Waals surface area (Å²) in [5, 5.41) is 15.1. The Morgan fingerprint density at radius 3 is 2.86 bits per heavy atom. The van der Waals surface area contributed by atoms with Crippen LogP contribution in [-0.2, 0) is 6.54 Å². The third-order valence-electron chi connectivity index (χ3n) is 3.71. The summed E-state index contributed by atoms with van der Waals surface area (Å²) in [6, 6.07) is 10.5. The SMILES string of the molecule is C[C@H]1NCCn2c(-c3csc(-c4ccccc4)n3)nnc21.Cl. The van der Waals surface area contributed by atoms with E-state index in [0.29, 0.717) is 0 Å². The average molecular weight is 334 g/mol. The Labute approximate surface area is 138 Å². The van der Waals surface area contributed by atoms with Gasteiger partial charge in [-0.1, -0.05) is 30.3 Å². The maximum absolute atomic E-state index is 4.73. The van der Waals surface area contributed by atoms with Crippen molar-refractivity contribution >= 4 is 23.7 Å². The van der Waals surface area contributed by atoms with Crippen molar-refractivity contribution in [2.24, 2.45) is 0 Å². The maximum atomic E-state index is 4.73. The van der Waals surface area contributed by atoms with Crippen LogP contribution in [0.1, 0.15) is 18.8 Å². The van der Waals surface area contributed by atoms with Gasteiger partial charge in [-0.3, -0.25) is 0 Å². The third-order valence-corrected chi connectivity index (χ3v) is 4.60. The molecular weight excluding hydrogens is 318 g/mol. The van der Waals surface area contributed by atoms with Crippen molar-refractivity contribution in [3.05, 3.63) is 41.5 Å². The molecule has 1 aliphatic heterocycles. The summed E-state index contributed by atoms with van der Waals surface area (Å²) in [5.41, 5.74) is 2.05. The van der Waals surface area contributed by atoms with Gasteiger partial charge in [0.2, 0.25) is 0 Å². The Hall–Kier alpha value is -1.76. The van der Waals surface area contributed by atoms with Gasteiger partial charge in [-0.05, 0) is 6.92 Å². The topological polar surface area (TPSA) is 55.6 Å². The molecule has 3 heterocycles. The van der Waals surface area contributed by atoms with E-state index in [-0.39, 0.29) is 18.4 Å². The number of hydrogen-bond acceptors (Lipinski definition) is 5. The number of nitrogens with one attached hydrogen (secondary N) is 1. The summed E-state index contributed by atoms with van der Waals surface area (Å²) in [6.07, 6.45) is 0. The molecule has 3 aromatic rings. The first-order valence-electron chi connectivity index (χ1n) is 7.01. The highest BCUT2D eigenvalue weighted by molar-refractivity contribution is 7.13. The Morgan fingerprint density at radius 1 is 1.23 bits per heavy atom. The molecule has 0 fully saturated rings. The Balaban J connectivity index is 0.00000144. The highest BCUT2D eigenvalue weighted by atomic mass is 35.5. The molecule has 1 aromatic carbocycles. The highest BCUT2D eigenvalue weighted by Gasteiger charge is 2.23. The van der Waals surface area contributed by atoms with Crippen LogP contribution in [0.2, 0.25) is 0 Å². The first kappa shape index (κ1) is 15.1. The Kier molecular flexibility index (Phi) is 4.24. The van der Waals surface area contributed by atoms with Crippen LogP contribution in [0, 0.1) is 0 Å². The number of benzene rings is 1. The zero-order chi connectivity index (χ0) is 14.2. The maximum Gasteiger partial charge on any atom is 0.183 e. The molecule has 22 heavy (non-hydrogen) atoms. The summed E-state index contributed by atoms with van der Waals surface area (Å²) < 4.78 is 2.17. The van der Waals surface area contributed by atoms with Crippen molar-refractivity contribution in [3.8, 4) is 22.1 Å². The quantitative estimate of drug-likeness (QED) is 0.782. The second-order valence-electron chi connectivity index (χ2n) is 5.11. The number of aromatic nitrogens is 4. The molecule has 0 saturated heterocycles. The molecule has 7 heteroatoms. The molecule has 1 N–H and O–H groups in total. The lowest BCUT2D eigenvalue weighted by atomic mass is 10.2. The predicted molar refractivity (Wildman–Crippen MR) is 90.2 cm³/mol. The number of rotatable bonds is 2. The summed E-state index contributed by atoms with van der Waals surface area (Å²) in [7, 11) is 0. The lowest BCUT2D eigenvalue weighted by molar-refractivity contribution is 0.439. The Bertz CT molecular complexity index is 767. The van der Waals surface area contributed by atoms with Crippen LogP contribution in [0.15, 0.2) is 35.7 Å². The van der Waals surface area contributed by atoms with Crippen LogP contribution in [0.4, 0.5) is 0 Å². The summed E-state index contributed by atoms with van der Waals surface area (Å²) in [5.74, 6) is 1.86. The number of nitrogens with zero attached hydrogens (tertiary/aromatic N) is 4. The van der Waals surface area contributed by atoms with Crippen LogP contribution in [0.5, 0.6) is 0 Å². The molecule has 0 radical (unpaired) electrons. The number of halogens is 1. The van der Waals surface area contributed by atoms with E-state index in [1.54, 1.807) is 11.3 Å². The molecule has 0 bridgehead atoms. The van der Waals surface area contributed by atoms with Crippen molar-refractivity contribution < 1.29 is 0 Å². The van der Waals surface area contributed by atoms with E-state index < -0.39 is 0 Å². The fourth-order valence-electron chi connectivity index (χ4n) is 2.62. The fourth-order valence-corrected chi connectivity index (χ4v) is 3.42. The van der Waals surface area contributed by atoms with Gasteiger partial charge in [-0.15, -0.1) is 33.9 Å². The number of fused-ring (bicyclic) bond motifs is 1. The van der Waals surface area contributed by atoms with E-state index in [1.165, 1.54) is 0 Å². The van der Waals surface area contributed by atoms with E-state index in [0.717, 1.165) is 41.0 Å². The highest BCUT2D eigenvalue weighted by Crippen LogP contribution is 2.29. The monoisotopic (exact) mass is 333 g/mol. The first-order valence-corrected chi connectivity index (χ1v) is 7.88. The molecule has 2 aromatic heterocycles. The molecule has 0 aliphatic carbocycles. The van der Waals surface area contributed by atoms with Gasteiger partial charge in [-0.2, -0.15) is 0 Å². The zero-order valence-corrected chi connectivity index (χ0v) is 13.7. The van der Waals surface area contributed by atoms with E-state index in [2.05, 4.69) is 44.5 Å². The van der Waals surface area contributed by atoms with Gasteiger partial charge in [-0.25, -0.2) is 4.98 Å². The van der Waals surface area contributed by atoms with Gasteiger partial charge in [0.15, 0.2) is 5.82 Å². The molecule has 4 rings (SSSR count). The molecule has 0 unspecified atom stereocenters. The standard InChI is InChI=1S/C15H15N5S.ClH/c1-10-13-18-19-14(20(13)8-7-16-10)12-9-21-15(17-12)11-5-3-2-4-6-11;/h2-6,9-10,16H,7-8H2,1H3;1H/t10-;/m1./s1.